The summed E-state index contributed by atoms with van der Waals surface area (Å²) in [5.74, 6) is 3.19. The Bertz CT molecular complexity index is 291. The zero-order chi connectivity index (χ0) is 11.8. The lowest BCUT2D eigenvalue weighted by molar-refractivity contribution is 0.151. The third kappa shape index (κ3) is 4.99. The summed E-state index contributed by atoms with van der Waals surface area (Å²) in [5, 5.41) is 13.5. The number of rotatable bonds is 8. The summed E-state index contributed by atoms with van der Waals surface area (Å²) in [6, 6.07) is 0. The third-order valence-electron chi connectivity index (χ3n) is 2.12. The van der Waals surface area contributed by atoms with E-state index >= 15 is 0 Å². The Morgan fingerprint density at radius 3 is 2.88 bits per heavy atom. The molecule has 0 amide bonds. The molecule has 1 aromatic rings. The normalized spacial score (nSPS) is 12.9. The van der Waals surface area contributed by atoms with Crippen molar-refractivity contribution in [3.63, 3.8) is 0 Å². The molecule has 1 heterocycles. The highest BCUT2D eigenvalue weighted by Crippen LogP contribution is 2.11. The summed E-state index contributed by atoms with van der Waals surface area (Å²) in [6.45, 7) is 4.19. The number of aliphatic hydroxyl groups excluding tert-OH is 1. The van der Waals surface area contributed by atoms with E-state index < -0.39 is 0 Å². The molecular formula is C11H20N2O2S. The largest absolute Gasteiger partial charge is 0.393 e. The van der Waals surface area contributed by atoms with Crippen LogP contribution in [0.25, 0.3) is 0 Å². The average molecular weight is 244 g/mol. The Balaban J connectivity index is 2.33. The van der Waals surface area contributed by atoms with E-state index in [1.165, 1.54) is 0 Å². The summed E-state index contributed by atoms with van der Waals surface area (Å²) >= 11 is 1.80. The Morgan fingerprint density at radius 1 is 1.38 bits per heavy atom. The van der Waals surface area contributed by atoms with Gasteiger partial charge in [0.1, 0.15) is 0 Å². The van der Waals surface area contributed by atoms with Crippen molar-refractivity contribution in [1.82, 2.24) is 10.1 Å². The van der Waals surface area contributed by atoms with Gasteiger partial charge in [0.2, 0.25) is 5.89 Å². The molecular weight excluding hydrogens is 224 g/mol. The number of aliphatic hydroxyl groups is 1. The molecule has 0 aromatic carbocycles. The number of thioether (sulfide) groups is 1. The molecule has 1 atom stereocenters. The highest BCUT2D eigenvalue weighted by molar-refractivity contribution is 7.98. The molecule has 0 aliphatic carbocycles. The molecule has 0 aliphatic rings. The van der Waals surface area contributed by atoms with Crippen LogP contribution in [0, 0.1) is 0 Å². The van der Waals surface area contributed by atoms with Crippen LogP contribution >= 0.6 is 11.8 Å². The first-order valence-corrected chi connectivity index (χ1v) is 6.99. The number of hydrogen-bond acceptors (Lipinski definition) is 5. The van der Waals surface area contributed by atoms with E-state index in [-0.39, 0.29) is 6.10 Å². The van der Waals surface area contributed by atoms with Crippen molar-refractivity contribution in [2.45, 2.75) is 51.4 Å². The van der Waals surface area contributed by atoms with Crippen molar-refractivity contribution < 1.29 is 9.63 Å². The minimum absolute atomic E-state index is 0.360. The third-order valence-corrected chi connectivity index (χ3v) is 3.28. The van der Waals surface area contributed by atoms with E-state index in [1.807, 2.05) is 6.92 Å². The molecule has 0 saturated carbocycles. The van der Waals surface area contributed by atoms with Gasteiger partial charge in [-0.15, -0.1) is 0 Å². The average Bonchev–Trinajstić information content (AvgIpc) is 2.66. The molecule has 0 bridgehead atoms. The molecule has 1 aromatic heterocycles. The van der Waals surface area contributed by atoms with Crippen molar-refractivity contribution >= 4 is 11.8 Å². The van der Waals surface area contributed by atoms with Crippen LogP contribution in [-0.4, -0.2) is 27.1 Å². The second kappa shape index (κ2) is 7.68. The van der Waals surface area contributed by atoms with Crippen molar-refractivity contribution in [3.8, 4) is 0 Å². The molecule has 0 radical (unpaired) electrons. The fraction of sp³-hybridized carbons (Fsp3) is 0.818. The first kappa shape index (κ1) is 13.5. The van der Waals surface area contributed by atoms with Gasteiger partial charge in [-0.05, 0) is 18.6 Å². The second-order valence-corrected chi connectivity index (χ2v) is 4.91. The molecule has 16 heavy (non-hydrogen) atoms. The molecule has 1 unspecified atom stereocenters. The standard InChI is InChI=1S/C11H20N2O2S/c1-3-5-9(14)7-11-12-10(13-15-11)8-16-6-4-2/h9,14H,3-8H2,1-2H3. The van der Waals surface area contributed by atoms with Crippen LogP contribution in [-0.2, 0) is 12.2 Å². The van der Waals surface area contributed by atoms with E-state index in [0.717, 1.165) is 36.6 Å². The molecule has 5 heteroatoms. The van der Waals surface area contributed by atoms with Gasteiger partial charge in [0, 0.05) is 0 Å². The summed E-state index contributed by atoms with van der Waals surface area (Å²) < 4.78 is 5.08. The summed E-state index contributed by atoms with van der Waals surface area (Å²) in [4.78, 5) is 4.25. The van der Waals surface area contributed by atoms with Crippen molar-refractivity contribution in [1.29, 1.82) is 0 Å². The Labute approximate surface area is 101 Å². The fourth-order valence-corrected chi connectivity index (χ4v) is 2.11. The van der Waals surface area contributed by atoms with Crippen LogP contribution in [0.1, 0.15) is 44.8 Å². The molecule has 4 nitrogen and oxygen atoms in total. The lowest BCUT2D eigenvalue weighted by atomic mass is 10.1. The molecule has 1 rings (SSSR count). The molecule has 0 aliphatic heterocycles. The molecule has 0 spiro atoms. The van der Waals surface area contributed by atoms with E-state index in [2.05, 4.69) is 17.1 Å². The molecule has 1 N–H and O–H groups in total. The number of aromatic nitrogens is 2. The highest BCUT2D eigenvalue weighted by Gasteiger charge is 2.11. The number of hydrogen-bond donors (Lipinski definition) is 1. The maximum absolute atomic E-state index is 9.59. The Morgan fingerprint density at radius 2 is 2.19 bits per heavy atom. The van der Waals surface area contributed by atoms with Crippen LogP contribution < -0.4 is 0 Å². The van der Waals surface area contributed by atoms with E-state index in [0.29, 0.717) is 12.3 Å². The summed E-state index contributed by atoms with van der Waals surface area (Å²) in [7, 11) is 0. The summed E-state index contributed by atoms with van der Waals surface area (Å²) in [6.07, 6.45) is 3.02. The van der Waals surface area contributed by atoms with Gasteiger partial charge >= 0.3 is 0 Å². The van der Waals surface area contributed by atoms with Gasteiger partial charge in [-0.3, -0.25) is 0 Å². The van der Waals surface area contributed by atoms with Crippen molar-refractivity contribution in [3.05, 3.63) is 11.7 Å². The first-order valence-electron chi connectivity index (χ1n) is 5.83. The smallest absolute Gasteiger partial charge is 0.229 e. The van der Waals surface area contributed by atoms with E-state index in [1.54, 1.807) is 11.8 Å². The van der Waals surface area contributed by atoms with Crippen LogP contribution in [0.3, 0.4) is 0 Å². The lowest BCUT2D eigenvalue weighted by Gasteiger charge is -2.03. The Kier molecular flexibility index (Phi) is 6.49. The minimum Gasteiger partial charge on any atom is -0.393 e. The van der Waals surface area contributed by atoms with Gasteiger partial charge in [0.25, 0.3) is 0 Å². The fourth-order valence-electron chi connectivity index (χ4n) is 1.38. The van der Waals surface area contributed by atoms with Crippen molar-refractivity contribution in [2.24, 2.45) is 0 Å². The van der Waals surface area contributed by atoms with Crippen LogP contribution in [0.4, 0.5) is 0 Å². The zero-order valence-corrected chi connectivity index (χ0v) is 10.8. The SMILES string of the molecule is CCCSCc1noc(CC(O)CCC)n1. The predicted octanol–water partition coefficient (Wildman–Crippen LogP) is 2.42. The Hall–Kier alpha value is -0.550. The van der Waals surface area contributed by atoms with Gasteiger partial charge in [0.15, 0.2) is 5.82 Å². The van der Waals surface area contributed by atoms with Crippen molar-refractivity contribution in [2.75, 3.05) is 5.75 Å². The van der Waals surface area contributed by atoms with E-state index in [9.17, 15) is 5.11 Å². The predicted molar refractivity (Wildman–Crippen MR) is 65.4 cm³/mol. The minimum atomic E-state index is -0.360. The first-order chi connectivity index (χ1) is 7.76. The highest BCUT2D eigenvalue weighted by atomic mass is 32.2. The zero-order valence-electron chi connectivity index (χ0n) is 9.98. The van der Waals surface area contributed by atoms with E-state index in [4.69, 9.17) is 4.52 Å². The van der Waals surface area contributed by atoms with Gasteiger partial charge in [-0.2, -0.15) is 16.7 Å². The van der Waals surface area contributed by atoms with Gasteiger partial charge in [-0.1, -0.05) is 25.4 Å². The quantitative estimate of drug-likeness (QED) is 0.712. The van der Waals surface area contributed by atoms with Gasteiger partial charge in [-0.25, -0.2) is 0 Å². The topological polar surface area (TPSA) is 59.2 Å². The van der Waals surface area contributed by atoms with Gasteiger partial charge < -0.3 is 9.63 Å². The van der Waals surface area contributed by atoms with Crippen LogP contribution in [0.5, 0.6) is 0 Å². The second-order valence-electron chi connectivity index (χ2n) is 3.80. The molecule has 0 saturated heterocycles. The molecule has 0 fully saturated rings. The summed E-state index contributed by atoms with van der Waals surface area (Å²) in [5.41, 5.74) is 0. The number of nitrogens with zero attached hydrogens (tertiary/aromatic N) is 2. The lowest BCUT2D eigenvalue weighted by Crippen LogP contribution is -2.09. The monoisotopic (exact) mass is 244 g/mol. The maximum atomic E-state index is 9.59. The maximum Gasteiger partial charge on any atom is 0.229 e. The van der Waals surface area contributed by atoms with Crippen LogP contribution in [0.15, 0.2) is 4.52 Å². The molecule has 92 valence electrons. The van der Waals surface area contributed by atoms with Gasteiger partial charge in [0.05, 0.1) is 18.3 Å². The van der Waals surface area contributed by atoms with Crippen LogP contribution in [0.2, 0.25) is 0 Å².